The summed E-state index contributed by atoms with van der Waals surface area (Å²) in [6.45, 7) is 62.2. The van der Waals surface area contributed by atoms with Crippen LogP contribution in [0.15, 0.2) is 73.3 Å². The average Bonchev–Trinajstić information content (AvgIpc) is 1.64. The number of aliphatic hydroxyl groups excluding tert-OH is 2. The van der Waals surface area contributed by atoms with Gasteiger partial charge in [-0.2, -0.15) is 13.2 Å². The number of nitrogens with two attached hydrogens (primary N) is 4. The van der Waals surface area contributed by atoms with E-state index in [1.807, 2.05) is 171 Å². The first-order chi connectivity index (χ1) is 60.2. The molecule has 10 rings (SSSR count). The SMILES string of the molecule is CC(C)=C1CCNC1=O.CC(C)C(=O)O.CC(C)C(C)O.CC(C)C(N)C(F)(F)F.CC(C)C1=CC(=O)NC1=O.CC(C)C1CC(=O)NC1=O.CC(C)C1CC(=O)NC1=O.CC(C)C1CCNC1=O.CC(C)C1OC(=O)NC1=O.CC(C)CC(N)=O.CC(C)CO.CC(C)CON.CC(C)CON1C(=O)c2ccccc2C1=O.CC(C)c1c[nH]c(=O)o1.CC(C)c1conc1N. The zero-order chi connectivity index (χ0) is 103. The van der Waals surface area contributed by atoms with Crippen LogP contribution in [0.4, 0.5) is 23.8 Å². The molecule has 7 aliphatic rings. The molecule has 0 radical (unpaired) electrons. The smallest absolute Gasteiger partial charge is 0.416 e. The van der Waals surface area contributed by atoms with Gasteiger partial charge >= 0.3 is 24.0 Å². The first-order valence-electron chi connectivity index (χ1n) is 44.1. The summed E-state index contributed by atoms with van der Waals surface area (Å²) in [7, 11) is 0. The van der Waals surface area contributed by atoms with Crippen LogP contribution >= 0.6 is 0 Å². The number of halogens is 3. The van der Waals surface area contributed by atoms with E-state index in [0.29, 0.717) is 103 Å². The number of allylic oxidation sites excluding steroid dienone is 1. The van der Waals surface area contributed by atoms with E-state index in [2.05, 4.69) is 64.7 Å². The number of aromatic amines is 1. The Morgan fingerprint density at radius 2 is 1.05 bits per heavy atom. The molecule has 3 aromatic rings. The molecule has 5 fully saturated rings. The number of aliphatic carboxylic acids is 1. The van der Waals surface area contributed by atoms with Crippen LogP contribution in [0.3, 0.4) is 0 Å². The number of nitrogens with one attached hydrogen (secondary N) is 7. The van der Waals surface area contributed by atoms with Crippen molar-refractivity contribution >= 4 is 88.8 Å². The van der Waals surface area contributed by atoms with Gasteiger partial charge in [0.2, 0.25) is 41.4 Å². The van der Waals surface area contributed by atoms with Crippen molar-refractivity contribution in [2.45, 2.75) is 283 Å². The molecule has 39 heteroatoms. The summed E-state index contributed by atoms with van der Waals surface area (Å²) in [5.41, 5.74) is 19.6. The van der Waals surface area contributed by atoms with Gasteiger partial charge in [0.15, 0.2) is 11.9 Å². The van der Waals surface area contributed by atoms with Crippen LogP contribution in [-0.2, 0) is 67.2 Å². The van der Waals surface area contributed by atoms with E-state index < -0.39 is 36.3 Å². The van der Waals surface area contributed by atoms with Crippen LogP contribution in [0, 0.1) is 88.8 Å². The predicted octanol–water partition coefficient (Wildman–Crippen LogP) is 12.0. The van der Waals surface area contributed by atoms with E-state index in [-0.39, 0.29) is 142 Å². The normalized spacial score (nSPS) is 17.1. The first kappa shape index (κ1) is 129. The highest BCUT2D eigenvalue weighted by Gasteiger charge is 2.40. The van der Waals surface area contributed by atoms with Gasteiger partial charge in [-0.05, 0) is 117 Å². The van der Waals surface area contributed by atoms with Gasteiger partial charge in [0, 0.05) is 91.6 Å². The van der Waals surface area contributed by atoms with Gasteiger partial charge in [-0.15, -0.1) is 5.06 Å². The van der Waals surface area contributed by atoms with Crippen molar-refractivity contribution in [3.05, 3.63) is 92.5 Å². The topological polar surface area (TPSA) is 579 Å². The molecule has 18 N–H and O–H groups in total. The van der Waals surface area contributed by atoms with Gasteiger partial charge < -0.3 is 61.7 Å². The van der Waals surface area contributed by atoms with Crippen molar-refractivity contribution in [3.8, 4) is 0 Å². The van der Waals surface area contributed by atoms with Crippen LogP contribution in [0.2, 0.25) is 0 Å². The zero-order valence-corrected chi connectivity index (χ0v) is 83.0. The number of fused-ring (bicyclic) bond motifs is 1. The van der Waals surface area contributed by atoms with Crippen molar-refractivity contribution in [2.24, 2.45) is 106 Å². The molecule has 750 valence electrons. The van der Waals surface area contributed by atoms with E-state index in [4.69, 9.17) is 47.7 Å². The van der Waals surface area contributed by atoms with Crippen LogP contribution in [0.1, 0.15) is 291 Å². The second-order valence-corrected chi connectivity index (χ2v) is 36.3. The van der Waals surface area contributed by atoms with Crippen LogP contribution < -0.4 is 60.8 Å². The fourth-order valence-corrected chi connectivity index (χ4v) is 9.88. The lowest BCUT2D eigenvalue weighted by molar-refractivity contribution is -0.156. The number of amides is 13. The number of alkyl halides is 3. The number of oxazole rings is 1. The largest absolute Gasteiger partial charge is 0.481 e. The highest BCUT2D eigenvalue weighted by Crippen LogP contribution is 2.27. The molecular formula is C92H158F3N13O23. The molecule has 131 heavy (non-hydrogen) atoms. The summed E-state index contributed by atoms with van der Waals surface area (Å²) in [5, 5.41) is 43.5. The minimum atomic E-state index is -4.24. The van der Waals surface area contributed by atoms with E-state index in [0.717, 1.165) is 47.7 Å². The summed E-state index contributed by atoms with van der Waals surface area (Å²) in [5.74, 6) is 6.16. The van der Waals surface area contributed by atoms with Crippen molar-refractivity contribution in [1.29, 1.82) is 0 Å². The number of carboxylic acid groups (broad SMARTS) is 1. The number of carbonyl (C=O) groups excluding carboxylic acids is 13. The number of rotatable bonds is 18. The van der Waals surface area contributed by atoms with Crippen molar-refractivity contribution < 1.29 is 119 Å². The zero-order valence-electron chi connectivity index (χ0n) is 83.0. The lowest BCUT2D eigenvalue weighted by atomic mass is 9.95. The fourth-order valence-electron chi connectivity index (χ4n) is 9.88. The van der Waals surface area contributed by atoms with E-state index in [9.17, 15) is 85.1 Å². The number of hydrogen-bond donors (Lipinski definition) is 14. The number of hydroxylamine groups is 2. The number of anilines is 1. The number of alkyl carbamates (subject to hydrolysis) is 1. The molecular weight excluding hydrogens is 1710 g/mol. The molecule has 9 heterocycles. The van der Waals surface area contributed by atoms with Gasteiger partial charge in [0.05, 0.1) is 36.4 Å². The lowest BCUT2D eigenvalue weighted by Gasteiger charge is -2.18. The molecule has 1 aromatic carbocycles. The summed E-state index contributed by atoms with van der Waals surface area (Å²) in [4.78, 5) is 173. The quantitative estimate of drug-likeness (QED) is 0.0319. The number of nitrogens with zero attached hydrogens (tertiary/aromatic N) is 2. The standard InChI is InChI=1S/C12H13NO3.2C7H11NO2.C7H9NO2.C7H13NO.C7H11NO.C6H10N2O.C6H9NO3.C6H9NO2.C5H10F3N.C5H11NO.C5H12O.C4H11NO.C4H8O2.C4H10O/c1-8(2)7-16-13-11(14)9-5-3-4-6-10(9)12(13)15;3*1-4(2)5-3-6(9)8-7(5)10;2*1-5(2)6-3-4-8-7(6)9;1-4(2)5-3-9-8-6(5)7;1-3(2)4-5(8)7-6(9)10-4;1-4(2)5-3-7-6(8)9-5;1-3(2)4(9)5(6,7)8;1-4(2)3-5(6)7;1-4(2)5(3)6;1-4(2)3-6-5;1-3(2)4(5)6;1-4(2)3-5/h3-6,8H,7H2,1-2H3;2*4-5H,3H2,1-2H3,(H,8,9,10);3-4H,1-2H3,(H,8,9,10);5-6H,3-4H2,1-2H3,(H,8,9);3-4H2,1-2H3,(H,8,9);3-4H,1-2H3,(H2,7,8);3-4H,1-2H3,(H,7,8,9);3-4H,1-2H3,(H,7,8);3-4H,9H2,1-2H3;4H,3H2,1-2H3,(H2,6,7);4-6H,1-3H3;4H,3,5H2,1-2H3;3H,1-2H3,(H,5,6);4-5H,3H2,1-2H3. The number of hydrogen-bond acceptors (Lipinski definition) is 26. The molecule has 13 amide bonds. The number of carboxylic acids is 1. The Hall–Kier alpha value is -10.4. The molecule has 5 saturated heterocycles. The predicted molar refractivity (Wildman–Crippen MR) is 493 cm³/mol. The van der Waals surface area contributed by atoms with E-state index in [1.54, 1.807) is 57.5 Å². The molecule has 0 bridgehead atoms. The Morgan fingerprint density at radius 1 is 0.595 bits per heavy atom. The molecule has 0 spiro atoms. The third kappa shape index (κ3) is 58.9. The maximum Gasteiger partial charge on any atom is 0.416 e. The average molecular weight is 1870 g/mol. The molecule has 0 saturated carbocycles. The van der Waals surface area contributed by atoms with Gasteiger partial charge in [-0.1, -0.05) is 217 Å². The summed E-state index contributed by atoms with van der Waals surface area (Å²) in [6.07, 6.45) is 2.08. The minimum Gasteiger partial charge on any atom is -0.481 e. The number of aromatic nitrogens is 2. The van der Waals surface area contributed by atoms with Crippen molar-refractivity contribution in [3.63, 3.8) is 0 Å². The third-order valence-corrected chi connectivity index (χ3v) is 18.4. The van der Waals surface area contributed by atoms with Gasteiger partial charge in [-0.3, -0.25) is 93.4 Å². The Kier molecular flexibility index (Phi) is 66.8. The molecule has 6 unspecified atom stereocenters. The second-order valence-electron chi connectivity index (χ2n) is 36.3. The van der Waals surface area contributed by atoms with Crippen LogP contribution in [-0.4, -0.2) is 171 Å². The van der Waals surface area contributed by atoms with Gasteiger partial charge in [0.1, 0.15) is 18.1 Å². The Bertz CT molecular complexity index is 3940. The molecule has 2 aromatic heterocycles. The maximum atomic E-state index is 11.8. The number of carbonyl (C=O) groups is 14. The monoisotopic (exact) mass is 1870 g/mol. The fraction of sp³-hybridized carbons (Fsp3) is 0.674. The lowest BCUT2D eigenvalue weighted by Crippen LogP contribution is -2.41. The number of cyclic esters (lactones) is 1. The first-order valence-corrected chi connectivity index (χ1v) is 44.1. The van der Waals surface area contributed by atoms with E-state index in [1.165, 1.54) is 19.9 Å². The van der Waals surface area contributed by atoms with Crippen molar-refractivity contribution in [2.75, 3.05) is 38.6 Å². The summed E-state index contributed by atoms with van der Waals surface area (Å²) >= 11 is 0. The van der Waals surface area contributed by atoms with Crippen LogP contribution in [0.5, 0.6) is 0 Å². The maximum absolute atomic E-state index is 11.8. The molecule has 7 aliphatic heterocycles. The van der Waals surface area contributed by atoms with Crippen LogP contribution in [0.25, 0.3) is 0 Å². The minimum absolute atomic E-state index is 0.0476. The van der Waals surface area contributed by atoms with Crippen molar-refractivity contribution in [1.82, 2.24) is 47.1 Å². The Labute approximate surface area is 771 Å². The third-order valence-electron chi connectivity index (χ3n) is 18.4. The number of ether oxygens (including phenoxy) is 1. The number of imide groups is 5. The number of benzene rings is 1. The van der Waals surface area contributed by atoms with Gasteiger partial charge in [-0.25, -0.2) is 15.5 Å². The number of aliphatic hydroxyl groups is 2. The number of H-pyrrole nitrogens is 1. The molecule has 6 atom stereocenters. The Morgan fingerprint density at radius 3 is 1.21 bits per heavy atom. The second kappa shape index (κ2) is 67.8. The summed E-state index contributed by atoms with van der Waals surface area (Å²) < 4.78 is 48.7. The molecule has 36 nitrogen and oxygen atoms in total. The highest BCUT2D eigenvalue weighted by molar-refractivity contribution is 6.20. The van der Waals surface area contributed by atoms with Gasteiger partial charge in [0.25, 0.3) is 29.5 Å². The molecule has 0 aliphatic carbocycles. The Balaban J connectivity index is -0.000000436. The number of primary amides is 1. The highest BCUT2D eigenvalue weighted by atomic mass is 19.4. The summed E-state index contributed by atoms with van der Waals surface area (Å²) in [6, 6.07) is 5.05. The number of nitrogen functional groups attached to an aromatic ring is 1. The van der Waals surface area contributed by atoms with E-state index >= 15 is 0 Å².